The Morgan fingerprint density at radius 3 is 1.28 bits per heavy atom. The van der Waals surface area contributed by atoms with Gasteiger partial charge in [0.2, 0.25) is 0 Å². The number of rotatable bonds is 3. The van der Waals surface area contributed by atoms with E-state index in [0.717, 1.165) is 0 Å². The summed E-state index contributed by atoms with van der Waals surface area (Å²) in [7, 11) is 0. The van der Waals surface area contributed by atoms with E-state index in [0.29, 0.717) is 11.8 Å². The van der Waals surface area contributed by atoms with Crippen LogP contribution in [-0.4, -0.2) is 11.1 Å². The molecule has 0 aromatic heterocycles. The van der Waals surface area contributed by atoms with E-state index in [1.807, 2.05) is 0 Å². The Kier molecular flexibility index (Phi) is 4.38. The summed E-state index contributed by atoms with van der Waals surface area (Å²) in [5, 5.41) is 0. The molecule has 2 nitrogen and oxygen atoms in total. The molecule has 2 aliphatic carbocycles. The van der Waals surface area contributed by atoms with Crippen LogP contribution < -0.4 is 11.5 Å². The molecule has 2 saturated carbocycles. The second kappa shape index (κ2) is 5.50. The van der Waals surface area contributed by atoms with Crippen LogP contribution in [0.4, 0.5) is 0 Å². The topological polar surface area (TPSA) is 52.0 Å². The van der Waals surface area contributed by atoms with E-state index in [9.17, 15) is 0 Å². The van der Waals surface area contributed by atoms with Crippen molar-refractivity contribution >= 4 is 0 Å². The van der Waals surface area contributed by atoms with Gasteiger partial charge in [0.1, 0.15) is 0 Å². The highest BCUT2D eigenvalue weighted by Gasteiger charge is 2.50. The molecule has 0 aromatic carbocycles. The Hall–Kier alpha value is -0.0800. The molecular weight excluding hydrogens is 220 g/mol. The van der Waals surface area contributed by atoms with Crippen molar-refractivity contribution in [1.82, 2.24) is 0 Å². The molecule has 0 amide bonds. The van der Waals surface area contributed by atoms with Crippen LogP contribution in [0.3, 0.4) is 0 Å². The molecule has 2 rings (SSSR count). The molecule has 0 aromatic rings. The van der Waals surface area contributed by atoms with Crippen molar-refractivity contribution in [3.63, 3.8) is 0 Å². The maximum Gasteiger partial charge on any atom is 0.0388 e. The fourth-order valence-corrected chi connectivity index (χ4v) is 4.55. The molecule has 0 bridgehead atoms. The molecule has 0 heterocycles. The molecule has 0 atom stereocenters. The van der Waals surface area contributed by atoms with Crippen molar-refractivity contribution in [3.05, 3.63) is 0 Å². The van der Waals surface area contributed by atoms with Crippen LogP contribution in [0.15, 0.2) is 0 Å². The summed E-state index contributed by atoms with van der Waals surface area (Å²) in [6.45, 7) is 4.33. The molecule has 2 heteroatoms. The first kappa shape index (κ1) is 14.3. The summed E-state index contributed by atoms with van der Waals surface area (Å²) in [6, 6.07) is 0. The third-order valence-corrected chi connectivity index (χ3v) is 5.68. The lowest BCUT2D eigenvalue weighted by molar-refractivity contribution is 0.0467. The second-order valence-corrected chi connectivity index (χ2v) is 7.32. The molecule has 106 valence electrons. The van der Waals surface area contributed by atoms with Gasteiger partial charge in [-0.15, -0.1) is 0 Å². The highest BCUT2D eigenvalue weighted by atomic mass is 14.9. The predicted molar refractivity (Wildman–Crippen MR) is 78.3 cm³/mol. The van der Waals surface area contributed by atoms with Gasteiger partial charge in [0.05, 0.1) is 0 Å². The van der Waals surface area contributed by atoms with Crippen LogP contribution >= 0.6 is 0 Å². The Labute approximate surface area is 113 Å². The number of hydrogen-bond acceptors (Lipinski definition) is 2. The zero-order chi connectivity index (χ0) is 13.2. The molecule has 0 radical (unpaired) electrons. The Bertz CT molecular complexity index is 237. The van der Waals surface area contributed by atoms with Crippen LogP contribution in [0, 0.1) is 11.8 Å². The third kappa shape index (κ3) is 2.60. The molecule has 2 aliphatic rings. The molecular formula is C16H32N2. The highest BCUT2D eigenvalue weighted by molar-refractivity contribution is 5.10. The van der Waals surface area contributed by atoms with Gasteiger partial charge in [0.15, 0.2) is 0 Å². The van der Waals surface area contributed by atoms with Gasteiger partial charge >= 0.3 is 0 Å². The van der Waals surface area contributed by atoms with Crippen molar-refractivity contribution in [3.8, 4) is 0 Å². The normalized spacial score (nSPS) is 25.3. The predicted octanol–water partition coefficient (Wildman–Crippen LogP) is 3.58. The van der Waals surface area contributed by atoms with E-state index < -0.39 is 0 Å². The summed E-state index contributed by atoms with van der Waals surface area (Å²) in [5.74, 6) is 1.30. The maximum atomic E-state index is 7.00. The van der Waals surface area contributed by atoms with E-state index >= 15 is 0 Å². The first-order valence-electron chi connectivity index (χ1n) is 8.04. The van der Waals surface area contributed by atoms with E-state index in [1.165, 1.54) is 64.2 Å². The van der Waals surface area contributed by atoms with E-state index in [2.05, 4.69) is 13.8 Å². The molecule has 0 unspecified atom stereocenters. The monoisotopic (exact) mass is 252 g/mol. The summed E-state index contributed by atoms with van der Waals surface area (Å²) in [5.41, 5.74) is 13.2. The minimum atomic E-state index is -0.253. The summed E-state index contributed by atoms with van der Waals surface area (Å²) in [6.07, 6.45) is 13.4. The van der Waals surface area contributed by atoms with Crippen LogP contribution in [0.5, 0.6) is 0 Å². The van der Waals surface area contributed by atoms with E-state index in [1.54, 1.807) is 0 Å². The van der Waals surface area contributed by atoms with E-state index in [-0.39, 0.29) is 11.1 Å². The van der Waals surface area contributed by atoms with E-state index in [4.69, 9.17) is 11.5 Å². The van der Waals surface area contributed by atoms with Crippen LogP contribution in [0.25, 0.3) is 0 Å². The highest BCUT2D eigenvalue weighted by Crippen LogP contribution is 2.45. The van der Waals surface area contributed by atoms with Gasteiger partial charge in [0, 0.05) is 11.1 Å². The minimum absolute atomic E-state index is 0.145. The molecule has 0 spiro atoms. The first-order valence-corrected chi connectivity index (χ1v) is 8.04. The zero-order valence-electron chi connectivity index (χ0n) is 12.4. The van der Waals surface area contributed by atoms with Gasteiger partial charge in [-0.05, 0) is 51.4 Å². The lowest BCUT2D eigenvalue weighted by Gasteiger charge is -2.54. The minimum Gasteiger partial charge on any atom is -0.324 e. The average molecular weight is 252 g/mol. The summed E-state index contributed by atoms with van der Waals surface area (Å²) >= 11 is 0. The van der Waals surface area contributed by atoms with Crippen molar-refractivity contribution in [1.29, 1.82) is 0 Å². The SMILES string of the molecule is CC(C)(N)C(N)(C1CCCCC1)C1CCCCC1. The molecule has 2 fully saturated rings. The van der Waals surface area contributed by atoms with Gasteiger partial charge in [-0.3, -0.25) is 0 Å². The van der Waals surface area contributed by atoms with Crippen LogP contribution in [-0.2, 0) is 0 Å². The fraction of sp³-hybridized carbons (Fsp3) is 1.00. The molecule has 0 saturated heterocycles. The number of hydrogen-bond donors (Lipinski definition) is 2. The van der Waals surface area contributed by atoms with Crippen LogP contribution in [0.2, 0.25) is 0 Å². The lowest BCUT2D eigenvalue weighted by atomic mass is 9.57. The van der Waals surface area contributed by atoms with Crippen molar-refractivity contribution in [2.75, 3.05) is 0 Å². The van der Waals surface area contributed by atoms with Gasteiger partial charge in [-0.25, -0.2) is 0 Å². The third-order valence-electron chi connectivity index (χ3n) is 5.68. The van der Waals surface area contributed by atoms with Crippen LogP contribution in [0.1, 0.15) is 78.1 Å². The Morgan fingerprint density at radius 1 is 0.667 bits per heavy atom. The van der Waals surface area contributed by atoms with Gasteiger partial charge in [-0.1, -0.05) is 38.5 Å². The average Bonchev–Trinajstić information content (AvgIpc) is 2.38. The van der Waals surface area contributed by atoms with Crippen molar-refractivity contribution in [2.45, 2.75) is 89.1 Å². The standard InChI is InChI=1S/C16H32N2/c1-15(2,17)16(18,13-9-5-3-6-10-13)14-11-7-4-8-12-14/h13-14H,3-12,17-18H2,1-2H3. The summed E-state index contributed by atoms with van der Waals surface area (Å²) < 4.78 is 0. The molecule has 4 N–H and O–H groups in total. The maximum absolute atomic E-state index is 7.00. The second-order valence-electron chi connectivity index (χ2n) is 7.32. The lowest BCUT2D eigenvalue weighted by Crippen LogP contribution is -2.70. The Morgan fingerprint density at radius 2 is 1.00 bits per heavy atom. The van der Waals surface area contributed by atoms with Crippen molar-refractivity contribution < 1.29 is 0 Å². The first-order chi connectivity index (χ1) is 8.46. The number of nitrogens with two attached hydrogens (primary N) is 2. The molecule has 0 aliphatic heterocycles. The largest absolute Gasteiger partial charge is 0.324 e. The summed E-state index contributed by atoms with van der Waals surface area (Å²) in [4.78, 5) is 0. The molecule has 18 heavy (non-hydrogen) atoms. The van der Waals surface area contributed by atoms with Gasteiger partial charge < -0.3 is 11.5 Å². The zero-order valence-corrected chi connectivity index (χ0v) is 12.4. The van der Waals surface area contributed by atoms with Gasteiger partial charge in [-0.2, -0.15) is 0 Å². The smallest absolute Gasteiger partial charge is 0.0388 e. The van der Waals surface area contributed by atoms with Gasteiger partial charge in [0.25, 0.3) is 0 Å². The fourth-order valence-electron chi connectivity index (χ4n) is 4.55. The Balaban J connectivity index is 2.21. The quantitative estimate of drug-likeness (QED) is 0.806. The van der Waals surface area contributed by atoms with Crippen molar-refractivity contribution in [2.24, 2.45) is 23.3 Å².